The minimum Gasteiger partial charge on any atom is -0.508 e. The van der Waals surface area contributed by atoms with E-state index in [0.717, 1.165) is 70.8 Å². The fourth-order valence-electron chi connectivity index (χ4n) is 4.48. The number of hydrogen-bond donors (Lipinski definition) is 1. The van der Waals surface area contributed by atoms with Crippen LogP contribution in [0.3, 0.4) is 0 Å². The van der Waals surface area contributed by atoms with Gasteiger partial charge >= 0.3 is 0 Å². The van der Waals surface area contributed by atoms with E-state index in [9.17, 15) is 9.90 Å². The molecule has 0 aliphatic carbocycles. The summed E-state index contributed by atoms with van der Waals surface area (Å²) in [5, 5.41) is 9.63. The number of aromatic hydroxyl groups is 1. The topological polar surface area (TPSA) is 47.0 Å². The monoisotopic (exact) mass is 393 g/mol. The highest BCUT2D eigenvalue weighted by Crippen LogP contribution is 2.23. The van der Waals surface area contributed by atoms with Gasteiger partial charge in [0.25, 0.3) is 0 Å². The lowest BCUT2D eigenvalue weighted by Crippen LogP contribution is -2.51. The van der Waals surface area contributed by atoms with Crippen LogP contribution in [0.5, 0.6) is 5.75 Å². The highest BCUT2D eigenvalue weighted by atomic mass is 16.3. The molecule has 0 unspecified atom stereocenters. The fraction of sp³-hybridized carbons (Fsp3) is 0.458. The van der Waals surface area contributed by atoms with Gasteiger partial charge in [0.1, 0.15) is 5.75 Å². The predicted molar refractivity (Wildman–Crippen MR) is 114 cm³/mol. The van der Waals surface area contributed by atoms with Crippen molar-refractivity contribution in [1.29, 1.82) is 0 Å². The van der Waals surface area contributed by atoms with E-state index >= 15 is 0 Å². The van der Waals surface area contributed by atoms with Crippen LogP contribution >= 0.6 is 0 Å². The van der Waals surface area contributed by atoms with E-state index in [1.54, 1.807) is 6.07 Å². The molecule has 4 rings (SSSR count). The lowest BCUT2D eigenvalue weighted by Gasteiger charge is -2.38. The molecule has 0 bridgehead atoms. The van der Waals surface area contributed by atoms with Crippen molar-refractivity contribution in [3.8, 4) is 5.75 Å². The van der Waals surface area contributed by atoms with E-state index in [4.69, 9.17) is 0 Å². The van der Waals surface area contributed by atoms with Crippen molar-refractivity contribution in [2.75, 3.05) is 39.3 Å². The first kappa shape index (κ1) is 19.9. The highest BCUT2D eigenvalue weighted by molar-refractivity contribution is 5.79. The van der Waals surface area contributed by atoms with Crippen LogP contribution in [0.4, 0.5) is 0 Å². The zero-order chi connectivity index (χ0) is 20.1. The second kappa shape index (κ2) is 9.42. The zero-order valence-corrected chi connectivity index (χ0v) is 17.0. The first-order valence-electron chi connectivity index (χ1n) is 10.7. The Kier molecular flexibility index (Phi) is 6.47. The molecule has 0 atom stereocenters. The summed E-state index contributed by atoms with van der Waals surface area (Å²) in [4.78, 5) is 19.9. The summed E-state index contributed by atoms with van der Waals surface area (Å²) >= 11 is 0. The van der Waals surface area contributed by atoms with Crippen LogP contribution in [-0.4, -0.2) is 65.0 Å². The number of likely N-dealkylation sites (tertiary alicyclic amines) is 1. The first-order chi connectivity index (χ1) is 14.2. The van der Waals surface area contributed by atoms with Gasteiger partial charge in [-0.05, 0) is 49.2 Å². The Labute approximate surface area is 173 Å². The van der Waals surface area contributed by atoms with Crippen molar-refractivity contribution in [2.24, 2.45) is 5.92 Å². The number of phenols is 1. The summed E-state index contributed by atoms with van der Waals surface area (Å²) in [5.41, 5.74) is 2.47. The van der Waals surface area contributed by atoms with Crippen LogP contribution in [-0.2, 0) is 17.9 Å². The van der Waals surface area contributed by atoms with Gasteiger partial charge in [-0.15, -0.1) is 0 Å². The minimum absolute atomic E-state index is 0.163. The van der Waals surface area contributed by atoms with E-state index in [1.807, 2.05) is 18.2 Å². The molecule has 2 fully saturated rings. The Morgan fingerprint density at radius 2 is 1.41 bits per heavy atom. The SMILES string of the molecule is O=C(C1CCN(Cc2cccc(O)c2)CC1)N1CCN(Cc2ccccc2)CC1. The predicted octanol–water partition coefficient (Wildman–Crippen LogP) is 2.95. The molecular weight excluding hydrogens is 362 g/mol. The second-order valence-electron chi connectivity index (χ2n) is 8.31. The second-order valence-corrected chi connectivity index (χ2v) is 8.31. The molecule has 29 heavy (non-hydrogen) atoms. The third-order valence-corrected chi connectivity index (χ3v) is 6.19. The quantitative estimate of drug-likeness (QED) is 0.849. The molecule has 0 aromatic heterocycles. The van der Waals surface area contributed by atoms with Gasteiger partial charge in [-0.3, -0.25) is 14.6 Å². The third kappa shape index (κ3) is 5.37. The highest BCUT2D eigenvalue weighted by Gasteiger charge is 2.30. The van der Waals surface area contributed by atoms with Crippen molar-refractivity contribution in [2.45, 2.75) is 25.9 Å². The number of piperazine rings is 1. The standard InChI is InChI=1S/C24H31N3O2/c28-23-8-4-7-21(17-23)19-25-11-9-22(10-12-25)24(29)27-15-13-26(14-16-27)18-20-5-2-1-3-6-20/h1-8,17,22,28H,9-16,18-19H2. The molecular formula is C24H31N3O2. The van der Waals surface area contributed by atoms with E-state index in [-0.39, 0.29) is 5.92 Å². The zero-order valence-electron chi connectivity index (χ0n) is 17.0. The third-order valence-electron chi connectivity index (χ3n) is 6.19. The van der Waals surface area contributed by atoms with E-state index < -0.39 is 0 Å². The average Bonchev–Trinajstić information content (AvgIpc) is 2.75. The van der Waals surface area contributed by atoms with Gasteiger partial charge in [-0.2, -0.15) is 0 Å². The molecule has 154 valence electrons. The summed E-state index contributed by atoms with van der Waals surface area (Å²) in [6.07, 6.45) is 1.86. The Morgan fingerprint density at radius 1 is 0.793 bits per heavy atom. The van der Waals surface area contributed by atoms with Gasteiger partial charge in [-0.1, -0.05) is 42.5 Å². The molecule has 5 heteroatoms. The molecule has 2 aliphatic heterocycles. The lowest BCUT2D eigenvalue weighted by molar-refractivity contribution is -0.139. The largest absolute Gasteiger partial charge is 0.508 e. The van der Waals surface area contributed by atoms with E-state index in [2.05, 4.69) is 45.0 Å². The normalized spacial score (nSPS) is 19.4. The van der Waals surface area contributed by atoms with Crippen molar-refractivity contribution < 1.29 is 9.90 Å². The van der Waals surface area contributed by atoms with Gasteiger partial charge in [0.15, 0.2) is 0 Å². The van der Waals surface area contributed by atoms with Gasteiger partial charge in [0.05, 0.1) is 0 Å². The fourth-order valence-corrected chi connectivity index (χ4v) is 4.48. The van der Waals surface area contributed by atoms with E-state index in [1.165, 1.54) is 5.56 Å². The van der Waals surface area contributed by atoms with Gasteiger partial charge in [-0.25, -0.2) is 0 Å². The van der Waals surface area contributed by atoms with Gasteiger partial charge in [0, 0.05) is 45.2 Å². The molecule has 2 aliphatic rings. The van der Waals surface area contributed by atoms with Crippen LogP contribution in [0.2, 0.25) is 0 Å². The molecule has 2 aromatic carbocycles. The summed E-state index contributed by atoms with van der Waals surface area (Å²) in [5.74, 6) is 0.830. The smallest absolute Gasteiger partial charge is 0.225 e. The number of carbonyl (C=O) groups is 1. The number of piperidine rings is 1. The molecule has 0 spiro atoms. The molecule has 5 nitrogen and oxygen atoms in total. The average molecular weight is 394 g/mol. The summed E-state index contributed by atoms with van der Waals surface area (Å²) in [7, 11) is 0. The maximum absolute atomic E-state index is 13.0. The number of carbonyl (C=O) groups excluding carboxylic acids is 1. The molecule has 1 N–H and O–H groups in total. The van der Waals surface area contributed by atoms with Crippen LogP contribution < -0.4 is 0 Å². The van der Waals surface area contributed by atoms with Gasteiger partial charge < -0.3 is 10.0 Å². The maximum atomic E-state index is 13.0. The van der Waals surface area contributed by atoms with Crippen LogP contribution in [0.15, 0.2) is 54.6 Å². The number of amides is 1. The number of benzene rings is 2. The van der Waals surface area contributed by atoms with E-state index in [0.29, 0.717) is 11.7 Å². The van der Waals surface area contributed by atoms with Crippen LogP contribution in [0, 0.1) is 5.92 Å². The first-order valence-corrected chi connectivity index (χ1v) is 10.7. The minimum atomic E-state index is 0.163. The molecule has 1 amide bonds. The molecule has 2 aromatic rings. The maximum Gasteiger partial charge on any atom is 0.225 e. The summed E-state index contributed by atoms with van der Waals surface area (Å²) in [6, 6.07) is 18.0. The lowest BCUT2D eigenvalue weighted by atomic mass is 9.94. The van der Waals surface area contributed by atoms with Crippen molar-refractivity contribution in [3.05, 3.63) is 65.7 Å². The van der Waals surface area contributed by atoms with Gasteiger partial charge in [0.2, 0.25) is 5.91 Å². The van der Waals surface area contributed by atoms with Crippen molar-refractivity contribution in [1.82, 2.24) is 14.7 Å². The number of hydrogen-bond acceptors (Lipinski definition) is 4. The Bertz CT molecular complexity index is 795. The summed E-state index contributed by atoms with van der Waals surface area (Å²) in [6.45, 7) is 7.29. The number of phenolic OH excluding ortho intramolecular Hbond substituents is 1. The Morgan fingerprint density at radius 3 is 2.10 bits per heavy atom. The number of rotatable bonds is 5. The van der Waals surface area contributed by atoms with Crippen LogP contribution in [0.1, 0.15) is 24.0 Å². The number of nitrogens with zero attached hydrogens (tertiary/aromatic N) is 3. The summed E-state index contributed by atoms with van der Waals surface area (Å²) < 4.78 is 0. The van der Waals surface area contributed by atoms with Crippen molar-refractivity contribution in [3.63, 3.8) is 0 Å². The molecule has 0 saturated carbocycles. The molecule has 2 saturated heterocycles. The Hall–Kier alpha value is -2.37. The molecule has 2 heterocycles. The Balaban J connectivity index is 1.21. The van der Waals surface area contributed by atoms with Crippen molar-refractivity contribution >= 4 is 5.91 Å². The molecule has 0 radical (unpaired) electrons. The van der Waals surface area contributed by atoms with Crippen LogP contribution in [0.25, 0.3) is 0 Å².